The first-order chi connectivity index (χ1) is 11.9. The maximum atomic E-state index is 11.9. The van der Waals surface area contributed by atoms with E-state index in [1.807, 2.05) is 45.0 Å². The lowest BCUT2D eigenvalue weighted by Crippen LogP contribution is -2.34. The summed E-state index contributed by atoms with van der Waals surface area (Å²) < 4.78 is 5.29. The summed E-state index contributed by atoms with van der Waals surface area (Å²) in [6, 6.07) is 18.9. The average molecular weight is 338 g/mol. The van der Waals surface area contributed by atoms with Gasteiger partial charge in [0.1, 0.15) is 5.60 Å². The molecule has 2 N–H and O–H groups in total. The largest absolute Gasteiger partial charge is 0.444 e. The highest BCUT2D eigenvalue weighted by Crippen LogP contribution is 2.38. The second kappa shape index (κ2) is 7.18. The van der Waals surface area contributed by atoms with Gasteiger partial charge in [-0.15, -0.1) is 0 Å². The van der Waals surface area contributed by atoms with Gasteiger partial charge in [-0.25, -0.2) is 4.79 Å². The molecule has 1 aliphatic rings. The summed E-state index contributed by atoms with van der Waals surface area (Å²) in [5.41, 5.74) is 2.67. The Bertz CT molecular complexity index is 716. The molecule has 2 aromatic carbocycles. The number of amides is 1. The van der Waals surface area contributed by atoms with E-state index in [9.17, 15) is 4.79 Å². The van der Waals surface area contributed by atoms with Crippen LogP contribution in [0.15, 0.2) is 54.6 Å². The van der Waals surface area contributed by atoms with E-state index >= 15 is 0 Å². The third-order valence-corrected chi connectivity index (χ3v) is 4.29. The van der Waals surface area contributed by atoms with E-state index in [0.29, 0.717) is 12.0 Å². The monoisotopic (exact) mass is 338 g/mol. The van der Waals surface area contributed by atoms with Crippen molar-refractivity contribution in [2.24, 2.45) is 0 Å². The van der Waals surface area contributed by atoms with Crippen LogP contribution in [0.4, 0.5) is 16.2 Å². The van der Waals surface area contributed by atoms with E-state index in [1.54, 1.807) is 0 Å². The Balaban J connectivity index is 1.52. The molecule has 25 heavy (non-hydrogen) atoms. The summed E-state index contributed by atoms with van der Waals surface area (Å²) in [6.45, 7) is 5.55. The van der Waals surface area contributed by atoms with Crippen molar-refractivity contribution in [2.75, 3.05) is 10.6 Å². The van der Waals surface area contributed by atoms with Crippen LogP contribution in [0.5, 0.6) is 0 Å². The predicted octanol–water partition coefficient (Wildman–Crippen LogP) is 5.39. The molecular formula is C21H26N2O2. The molecule has 0 atom stereocenters. The average Bonchev–Trinajstić information content (AvgIpc) is 2.50. The molecule has 1 amide bonds. The molecule has 0 bridgehead atoms. The minimum atomic E-state index is -0.502. The van der Waals surface area contributed by atoms with Crippen molar-refractivity contribution >= 4 is 17.5 Å². The Morgan fingerprint density at radius 1 is 1.00 bits per heavy atom. The second-order valence-corrected chi connectivity index (χ2v) is 7.63. The molecule has 0 saturated heterocycles. The molecular weight excluding hydrogens is 312 g/mol. The molecule has 0 spiro atoms. The lowest BCUT2D eigenvalue weighted by atomic mass is 9.76. The number of ether oxygens (including phenoxy) is 1. The van der Waals surface area contributed by atoms with Crippen molar-refractivity contribution in [3.8, 4) is 0 Å². The highest BCUT2D eigenvalue weighted by Gasteiger charge is 2.30. The summed E-state index contributed by atoms with van der Waals surface area (Å²) in [5, 5.41) is 6.33. The lowest BCUT2D eigenvalue weighted by Gasteiger charge is -2.37. The third-order valence-electron chi connectivity index (χ3n) is 4.29. The Labute approximate surface area is 149 Å². The van der Waals surface area contributed by atoms with Gasteiger partial charge in [0.05, 0.1) is 0 Å². The van der Waals surface area contributed by atoms with Crippen LogP contribution in [0.3, 0.4) is 0 Å². The van der Waals surface area contributed by atoms with Gasteiger partial charge in [-0.3, -0.25) is 5.32 Å². The fourth-order valence-corrected chi connectivity index (χ4v) is 3.08. The maximum absolute atomic E-state index is 11.9. The van der Waals surface area contributed by atoms with Crippen LogP contribution < -0.4 is 10.6 Å². The van der Waals surface area contributed by atoms with Crippen molar-refractivity contribution in [1.82, 2.24) is 0 Å². The number of benzene rings is 2. The molecule has 0 heterocycles. The molecule has 1 fully saturated rings. The summed E-state index contributed by atoms with van der Waals surface area (Å²) >= 11 is 0. The first-order valence-corrected chi connectivity index (χ1v) is 8.80. The minimum absolute atomic E-state index is 0.433. The summed E-state index contributed by atoms with van der Waals surface area (Å²) in [7, 11) is 0. The van der Waals surface area contributed by atoms with Gasteiger partial charge in [-0.1, -0.05) is 36.4 Å². The van der Waals surface area contributed by atoms with Gasteiger partial charge < -0.3 is 10.1 Å². The predicted molar refractivity (Wildman–Crippen MR) is 102 cm³/mol. The molecule has 1 aliphatic carbocycles. The highest BCUT2D eigenvalue weighted by molar-refractivity contribution is 5.85. The molecule has 132 valence electrons. The van der Waals surface area contributed by atoms with E-state index in [1.165, 1.54) is 5.56 Å². The Hall–Kier alpha value is -2.49. The Kier molecular flexibility index (Phi) is 4.98. The van der Waals surface area contributed by atoms with Crippen molar-refractivity contribution in [3.63, 3.8) is 0 Å². The van der Waals surface area contributed by atoms with Gasteiger partial charge in [0, 0.05) is 17.4 Å². The van der Waals surface area contributed by atoms with Gasteiger partial charge >= 0.3 is 6.09 Å². The summed E-state index contributed by atoms with van der Waals surface area (Å²) in [4.78, 5) is 11.9. The summed E-state index contributed by atoms with van der Waals surface area (Å²) in [5.74, 6) is 0.641. The van der Waals surface area contributed by atoms with Crippen LogP contribution in [0.1, 0.15) is 45.1 Å². The van der Waals surface area contributed by atoms with Crippen LogP contribution in [0, 0.1) is 0 Å². The van der Waals surface area contributed by atoms with Crippen molar-refractivity contribution in [3.05, 3.63) is 60.2 Å². The van der Waals surface area contributed by atoms with E-state index in [0.717, 1.165) is 24.2 Å². The lowest BCUT2D eigenvalue weighted by molar-refractivity contribution is 0.0636. The smallest absolute Gasteiger partial charge is 0.412 e. The fraction of sp³-hybridized carbons (Fsp3) is 0.381. The Morgan fingerprint density at radius 2 is 1.68 bits per heavy atom. The second-order valence-electron chi connectivity index (χ2n) is 7.63. The van der Waals surface area contributed by atoms with Crippen molar-refractivity contribution in [2.45, 2.75) is 51.2 Å². The SMILES string of the molecule is CC(C)(C)OC(=O)Nc1cccc(NC2CC(c3ccccc3)C2)c1. The molecule has 2 aromatic rings. The van der Waals surface area contributed by atoms with Crippen LogP contribution in [-0.2, 0) is 4.74 Å². The van der Waals surface area contributed by atoms with Crippen molar-refractivity contribution in [1.29, 1.82) is 0 Å². The van der Waals surface area contributed by atoms with Gasteiger partial charge in [0.2, 0.25) is 0 Å². The van der Waals surface area contributed by atoms with Gasteiger partial charge in [0.15, 0.2) is 0 Å². The van der Waals surface area contributed by atoms with E-state index in [2.05, 4.69) is 41.0 Å². The number of carbonyl (C=O) groups is 1. The number of carbonyl (C=O) groups excluding carboxylic acids is 1. The van der Waals surface area contributed by atoms with E-state index in [-0.39, 0.29) is 0 Å². The minimum Gasteiger partial charge on any atom is -0.444 e. The Morgan fingerprint density at radius 3 is 2.36 bits per heavy atom. The number of hydrogen-bond acceptors (Lipinski definition) is 3. The first kappa shape index (κ1) is 17.3. The van der Waals surface area contributed by atoms with E-state index in [4.69, 9.17) is 4.74 Å². The number of hydrogen-bond donors (Lipinski definition) is 2. The standard InChI is InChI=1S/C21H26N2O2/c1-21(2,3)25-20(24)23-18-11-7-10-17(14-18)22-19-12-16(13-19)15-8-5-4-6-9-15/h4-11,14,16,19,22H,12-13H2,1-3H3,(H,23,24). The van der Waals surface area contributed by atoms with Gasteiger partial charge in [-0.05, 0) is 63.3 Å². The normalized spacial score (nSPS) is 19.6. The molecule has 0 radical (unpaired) electrons. The third kappa shape index (κ3) is 4.99. The number of nitrogens with one attached hydrogen (secondary N) is 2. The molecule has 0 unspecified atom stereocenters. The van der Waals surface area contributed by atoms with Crippen molar-refractivity contribution < 1.29 is 9.53 Å². The molecule has 4 nitrogen and oxygen atoms in total. The summed E-state index contributed by atoms with van der Waals surface area (Å²) in [6.07, 6.45) is 1.83. The molecule has 1 saturated carbocycles. The van der Waals surface area contributed by atoms with E-state index < -0.39 is 11.7 Å². The highest BCUT2D eigenvalue weighted by atomic mass is 16.6. The quantitative estimate of drug-likeness (QED) is 0.785. The molecule has 4 heteroatoms. The zero-order valence-electron chi connectivity index (χ0n) is 15.1. The fourth-order valence-electron chi connectivity index (χ4n) is 3.08. The molecule has 0 aromatic heterocycles. The van der Waals surface area contributed by atoms with Crippen LogP contribution in [0.25, 0.3) is 0 Å². The number of rotatable bonds is 4. The first-order valence-electron chi connectivity index (χ1n) is 8.80. The molecule has 3 rings (SSSR count). The van der Waals surface area contributed by atoms with Crippen LogP contribution in [0.2, 0.25) is 0 Å². The number of anilines is 2. The van der Waals surface area contributed by atoms with Gasteiger partial charge in [0.25, 0.3) is 0 Å². The van der Waals surface area contributed by atoms with Gasteiger partial charge in [-0.2, -0.15) is 0 Å². The topological polar surface area (TPSA) is 50.4 Å². The maximum Gasteiger partial charge on any atom is 0.412 e. The zero-order chi connectivity index (χ0) is 17.9. The van der Waals surface area contributed by atoms with Crippen LogP contribution >= 0.6 is 0 Å². The molecule has 0 aliphatic heterocycles. The van der Waals surface area contributed by atoms with Crippen LogP contribution in [-0.4, -0.2) is 17.7 Å². The zero-order valence-corrected chi connectivity index (χ0v) is 15.1.